The van der Waals surface area contributed by atoms with Crippen LogP contribution >= 0.6 is 15.9 Å². The van der Waals surface area contributed by atoms with Crippen LogP contribution < -0.4 is 5.73 Å². The van der Waals surface area contributed by atoms with Gasteiger partial charge in [-0.05, 0) is 0 Å². The van der Waals surface area contributed by atoms with E-state index in [-0.39, 0.29) is 0 Å². The van der Waals surface area contributed by atoms with Gasteiger partial charge in [0.15, 0.2) is 0 Å². The smallest absolute Gasteiger partial charge is 0.322 e. The fourth-order valence-electron chi connectivity index (χ4n) is 0.279. The molecular weight excluding hydrogens is 206 g/mol. The molecule has 0 bridgehead atoms. The van der Waals surface area contributed by atoms with Gasteiger partial charge >= 0.3 is 11.9 Å². The van der Waals surface area contributed by atoms with Crippen molar-refractivity contribution in [2.24, 2.45) is 5.73 Å². The van der Waals surface area contributed by atoms with Crippen molar-refractivity contribution in [1.29, 1.82) is 0 Å². The van der Waals surface area contributed by atoms with Crippen LogP contribution in [0.5, 0.6) is 0 Å². The zero-order valence-corrected chi connectivity index (χ0v) is 6.41. The topological polar surface area (TPSA) is 101 Å². The predicted molar refractivity (Wildman–Crippen MR) is 36.0 cm³/mol. The van der Waals surface area contributed by atoms with Crippen LogP contribution in [0.15, 0.2) is 0 Å². The largest absolute Gasteiger partial charge is 0.480 e. The molecule has 0 aliphatic carbocycles. The standard InChI is InChI=1S/C4H6BrNO4/c5-1(3(7)8)2(6)4(9)10/h1-2H,6H2,(H,7,8)(H,9,10)/t1-,2-/m0/s1. The van der Waals surface area contributed by atoms with Gasteiger partial charge in [-0.1, -0.05) is 15.9 Å². The van der Waals surface area contributed by atoms with E-state index >= 15 is 0 Å². The summed E-state index contributed by atoms with van der Waals surface area (Å²) in [5.41, 5.74) is 4.93. The van der Waals surface area contributed by atoms with Crippen molar-refractivity contribution in [3.05, 3.63) is 0 Å². The highest BCUT2D eigenvalue weighted by Crippen LogP contribution is 2.03. The molecule has 0 unspecified atom stereocenters. The molecule has 0 spiro atoms. The van der Waals surface area contributed by atoms with Crippen LogP contribution in [-0.4, -0.2) is 33.0 Å². The molecule has 2 atom stereocenters. The number of carbonyl (C=O) groups is 2. The highest BCUT2D eigenvalue weighted by Gasteiger charge is 2.27. The van der Waals surface area contributed by atoms with Crippen LogP contribution in [0.4, 0.5) is 0 Å². The summed E-state index contributed by atoms with van der Waals surface area (Å²) in [6, 6.07) is -1.41. The Labute approximate surface area is 65.0 Å². The van der Waals surface area contributed by atoms with E-state index < -0.39 is 22.8 Å². The summed E-state index contributed by atoms with van der Waals surface area (Å²) >= 11 is 2.60. The lowest BCUT2D eigenvalue weighted by Crippen LogP contribution is -2.42. The molecule has 58 valence electrons. The Morgan fingerprint density at radius 2 is 1.70 bits per heavy atom. The normalized spacial score (nSPS) is 15.8. The molecule has 0 aromatic rings. The molecule has 6 heteroatoms. The molecule has 4 N–H and O–H groups in total. The molecule has 0 heterocycles. The zero-order valence-electron chi connectivity index (χ0n) is 4.82. The number of rotatable bonds is 3. The molecule has 0 aromatic heterocycles. The van der Waals surface area contributed by atoms with Crippen LogP contribution in [0.25, 0.3) is 0 Å². The average molecular weight is 212 g/mol. The van der Waals surface area contributed by atoms with Crippen molar-refractivity contribution >= 4 is 27.9 Å². The van der Waals surface area contributed by atoms with E-state index in [1.165, 1.54) is 0 Å². The molecule has 5 nitrogen and oxygen atoms in total. The molecule has 0 saturated carbocycles. The lowest BCUT2D eigenvalue weighted by molar-refractivity contribution is -0.144. The third kappa shape index (κ3) is 2.32. The summed E-state index contributed by atoms with van der Waals surface area (Å²) in [5, 5.41) is 16.4. The minimum absolute atomic E-state index is 1.23. The summed E-state index contributed by atoms with van der Waals surface area (Å²) in [5.74, 6) is -2.63. The third-order valence-corrected chi connectivity index (χ3v) is 1.80. The maximum Gasteiger partial charge on any atom is 0.322 e. The number of hydrogen-bond acceptors (Lipinski definition) is 3. The van der Waals surface area contributed by atoms with Gasteiger partial charge in [-0.25, -0.2) is 0 Å². The van der Waals surface area contributed by atoms with Crippen molar-refractivity contribution < 1.29 is 19.8 Å². The van der Waals surface area contributed by atoms with E-state index in [1.807, 2.05) is 0 Å². The number of carboxylic acid groups (broad SMARTS) is 2. The van der Waals surface area contributed by atoms with Crippen LogP contribution in [0.1, 0.15) is 0 Å². The third-order valence-electron chi connectivity index (χ3n) is 0.836. The molecule has 0 aliphatic rings. The van der Waals surface area contributed by atoms with Gasteiger partial charge in [0, 0.05) is 0 Å². The predicted octanol–water partition coefficient (Wildman–Crippen LogP) is -0.754. The number of alkyl halides is 1. The summed E-state index contributed by atoms with van der Waals surface area (Å²) in [4.78, 5) is 18.9. The number of nitrogens with two attached hydrogens (primary N) is 1. The maximum atomic E-state index is 10.1. The SMILES string of the molecule is N[C@H](C(=O)O)[C@H](Br)C(=O)O. The van der Waals surface area contributed by atoms with E-state index in [2.05, 4.69) is 15.9 Å². The van der Waals surface area contributed by atoms with Gasteiger partial charge < -0.3 is 15.9 Å². The second-order valence-electron chi connectivity index (χ2n) is 1.60. The van der Waals surface area contributed by atoms with Crippen LogP contribution in [0, 0.1) is 0 Å². The first-order valence-electron chi connectivity index (χ1n) is 2.32. The Kier molecular flexibility index (Phi) is 3.31. The van der Waals surface area contributed by atoms with Gasteiger partial charge in [-0.3, -0.25) is 9.59 Å². The molecule has 0 amide bonds. The summed E-state index contributed by atoms with van der Waals surface area (Å²) in [6.07, 6.45) is 0. The van der Waals surface area contributed by atoms with Crippen LogP contribution in [0.2, 0.25) is 0 Å². The van der Waals surface area contributed by atoms with E-state index in [4.69, 9.17) is 15.9 Å². The van der Waals surface area contributed by atoms with E-state index in [0.717, 1.165) is 0 Å². The molecule has 0 saturated heterocycles. The lowest BCUT2D eigenvalue weighted by atomic mass is 10.2. The van der Waals surface area contributed by atoms with Crippen LogP contribution in [0.3, 0.4) is 0 Å². The van der Waals surface area contributed by atoms with Crippen molar-refractivity contribution in [2.75, 3.05) is 0 Å². The first-order chi connectivity index (χ1) is 4.46. The van der Waals surface area contributed by atoms with Crippen molar-refractivity contribution in [1.82, 2.24) is 0 Å². The van der Waals surface area contributed by atoms with Gasteiger partial charge in [-0.15, -0.1) is 0 Å². The van der Waals surface area contributed by atoms with Crippen molar-refractivity contribution in [3.8, 4) is 0 Å². The fraction of sp³-hybridized carbons (Fsp3) is 0.500. The molecular formula is C4H6BrNO4. The van der Waals surface area contributed by atoms with E-state index in [9.17, 15) is 9.59 Å². The highest BCUT2D eigenvalue weighted by molar-refractivity contribution is 9.10. The van der Waals surface area contributed by atoms with Gasteiger partial charge in [0.2, 0.25) is 0 Å². The maximum absolute atomic E-state index is 10.1. The monoisotopic (exact) mass is 211 g/mol. The summed E-state index contributed by atoms with van der Waals surface area (Å²) in [6.45, 7) is 0. The number of aliphatic carboxylic acids is 2. The molecule has 0 aliphatic heterocycles. The zero-order chi connectivity index (χ0) is 8.31. The fourth-order valence-corrected chi connectivity index (χ4v) is 0.505. The average Bonchev–Trinajstić information content (AvgIpc) is 1.84. The summed E-state index contributed by atoms with van der Waals surface area (Å²) in [7, 11) is 0. The minimum atomic E-state index is -1.41. The Morgan fingerprint density at radius 3 is 1.80 bits per heavy atom. The van der Waals surface area contributed by atoms with E-state index in [1.54, 1.807) is 0 Å². The second kappa shape index (κ2) is 3.52. The molecule has 10 heavy (non-hydrogen) atoms. The molecule has 0 radical (unpaired) electrons. The first kappa shape index (κ1) is 9.38. The minimum Gasteiger partial charge on any atom is -0.480 e. The summed E-state index contributed by atoms with van der Waals surface area (Å²) < 4.78 is 0. The Bertz CT molecular complexity index is 141. The first-order valence-corrected chi connectivity index (χ1v) is 3.23. The van der Waals surface area contributed by atoms with Gasteiger partial charge in [0.25, 0.3) is 0 Å². The number of halogens is 1. The number of hydrogen-bond donors (Lipinski definition) is 3. The lowest BCUT2D eigenvalue weighted by Gasteiger charge is -2.07. The van der Waals surface area contributed by atoms with Crippen molar-refractivity contribution in [3.63, 3.8) is 0 Å². The highest BCUT2D eigenvalue weighted by atomic mass is 79.9. The molecule has 0 rings (SSSR count). The molecule has 0 aromatic carbocycles. The Balaban J connectivity index is 4.07. The second-order valence-corrected chi connectivity index (χ2v) is 2.59. The quantitative estimate of drug-likeness (QED) is 0.534. The van der Waals surface area contributed by atoms with Crippen LogP contribution in [-0.2, 0) is 9.59 Å². The van der Waals surface area contributed by atoms with Gasteiger partial charge in [0.1, 0.15) is 10.9 Å². The van der Waals surface area contributed by atoms with Gasteiger partial charge in [0.05, 0.1) is 0 Å². The van der Waals surface area contributed by atoms with Crippen molar-refractivity contribution in [2.45, 2.75) is 10.9 Å². The molecule has 0 fully saturated rings. The number of carboxylic acids is 2. The van der Waals surface area contributed by atoms with Gasteiger partial charge in [-0.2, -0.15) is 0 Å². The van der Waals surface area contributed by atoms with E-state index in [0.29, 0.717) is 0 Å². The Hall–Kier alpha value is -0.620. The Morgan fingerprint density at radius 1 is 1.30 bits per heavy atom.